The lowest BCUT2D eigenvalue weighted by Crippen LogP contribution is -2.33. The summed E-state index contributed by atoms with van der Waals surface area (Å²) in [5, 5.41) is 0. The number of morpholine rings is 1. The Bertz CT molecular complexity index is 411. The summed E-state index contributed by atoms with van der Waals surface area (Å²) in [5.74, 6) is -0.0207. The van der Waals surface area contributed by atoms with Crippen molar-refractivity contribution in [3.8, 4) is 0 Å². The number of carbonyl (C=O) groups is 1. The van der Waals surface area contributed by atoms with E-state index in [1.54, 1.807) is 18.0 Å². The minimum Gasteiger partial charge on any atom is -0.378 e. The molecule has 0 atom stereocenters. The number of benzene rings is 1. The van der Waals surface area contributed by atoms with Crippen LogP contribution in [-0.2, 0) is 9.53 Å². The van der Waals surface area contributed by atoms with Crippen molar-refractivity contribution in [3.63, 3.8) is 0 Å². The summed E-state index contributed by atoms with van der Waals surface area (Å²) in [7, 11) is 1.78. The van der Waals surface area contributed by atoms with Gasteiger partial charge in [-0.2, -0.15) is 0 Å². The third kappa shape index (κ3) is 3.34. The van der Waals surface area contributed by atoms with Crippen LogP contribution >= 0.6 is 0 Å². The largest absolute Gasteiger partial charge is 0.378 e. The van der Waals surface area contributed by atoms with E-state index in [9.17, 15) is 4.79 Å². The molecule has 1 saturated heterocycles. The maximum absolute atomic E-state index is 12.0. The first-order valence-corrected chi connectivity index (χ1v) is 6.10. The van der Waals surface area contributed by atoms with Crippen molar-refractivity contribution in [3.05, 3.63) is 42.6 Å². The van der Waals surface area contributed by atoms with Gasteiger partial charge in [-0.1, -0.05) is 18.2 Å². The minimum atomic E-state index is -0.0207. The number of anilines is 1. The van der Waals surface area contributed by atoms with Crippen molar-refractivity contribution >= 4 is 11.6 Å². The van der Waals surface area contributed by atoms with E-state index in [2.05, 4.69) is 4.90 Å². The number of carbonyl (C=O) groups excluding carboxylic acids is 1. The number of hydrogen-bond donors (Lipinski definition) is 0. The van der Waals surface area contributed by atoms with Crippen LogP contribution in [0.4, 0.5) is 5.69 Å². The maximum atomic E-state index is 12.0. The summed E-state index contributed by atoms with van der Waals surface area (Å²) < 4.78 is 5.25. The predicted octanol–water partition coefficient (Wildman–Crippen LogP) is 1.50. The highest BCUT2D eigenvalue weighted by atomic mass is 16.5. The van der Waals surface area contributed by atoms with Gasteiger partial charge in [-0.15, -0.1) is 0 Å². The van der Waals surface area contributed by atoms with E-state index in [4.69, 9.17) is 4.74 Å². The number of para-hydroxylation sites is 1. The van der Waals surface area contributed by atoms with Crippen LogP contribution in [0.1, 0.15) is 0 Å². The molecule has 0 radical (unpaired) electrons. The molecule has 0 aliphatic carbocycles. The van der Waals surface area contributed by atoms with Gasteiger partial charge in [0.05, 0.1) is 13.2 Å². The molecule has 18 heavy (non-hydrogen) atoms. The summed E-state index contributed by atoms with van der Waals surface area (Å²) in [6, 6.07) is 9.61. The van der Waals surface area contributed by atoms with Gasteiger partial charge in [0.2, 0.25) is 0 Å². The minimum absolute atomic E-state index is 0.0207. The quantitative estimate of drug-likeness (QED) is 0.758. The Kier molecular flexibility index (Phi) is 4.36. The molecule has 4 nitrogen and oxygen atoms in total. The molecule has 1 aromatic rings. The lowest BCUT2D eigenvalue weighted by molar-refractivity contribution is -0.114. The molecule has 1 aliphatic heterocycles. The van der Waals surface area contributed by atoms with E-state index in [1.807, 2.05) is 36.5 Å². The van der Waals surface area contributed by atoms with Gasteiger partial charge >= 0.3 is 0 Å². The number of nitrogens with zero attached hydrogens (tertiary/aromatic N) is 2. The molecule has 1 fully saturated rings. The van der Waals surface area contributed by atoms with E-state index in [0.29, 0.717) is 0 Å². The van der Waals surface area contributed by atoms with Crippen LogP contribution < -0.4 is 4.90 Å². The van der Waals surface area contributed by atoms with Crippen molar-refractivity contribution in [1.82, 2.24) is 4.90 Å². The second kappa shape index (κ2) is 6.21. The molecule has 0 spiro atoms. The Morgan fingerprint density at radius 1 is 1.28 bits per heavy atom. The van der Waals surface area contributed by atoms with E-state index >= 15 is 0 Å². The Balaban J connectivity index is 1.93. The molecule has 0 bridgehead atoms. The number of ether oxygens (including phenoxy) is 1. The third-order valence-corrected chi connectivity index (χ3v) is 2.95. The van der Waals surface area contributed by atoms with Crippen LogP contribution in [0.15, 0.2) is 42.6 Å². The Hall–Kier alpha value is -1.81. The van der Waals surface area contributed by atoms with Crippen molar-refractivity contribution in [2.75, 3.05) is 38.3 Å². The smallest absolute Gasteiger partial charge is 0.252 e. The monoisotopic (exact) mass is 246 g/mol. The summed E-state index contributed by atoms with van der Waals surface area (Å²) >= 11 is 0. The molecule has 1 aliphatic rings. The fourth-order valence-electron chi connectivity index (χ4n) is 1.79. The topological polar surface area (TPSA) is 32.8 Å². The van der Waals surface area contributed by atoms with Crippen LogP contribution in [-0.4, -0.2) is 44.2 Å². The maximum Gasteiger partial charge on any atom is 0.252 e. The Labute approximate surface area is 107 Å². The van der Waals surface area contributed by atoms with Gasteiger partial charge < -0.3 is 14.5 Å². The zero-order valence-corrected chi connectivity index (χ0v) is 10.6. The van der Waals surface area contributed by atoms with Gasteiger partial charge in [-0.3, -0.25) is 4.79 Å². The summed E-state index contributed by atoms with van der Waals surface area (Å²) in [5.41, 5.74) is 0.897. The molecule has 1 amide bonds. The van der Waals surface area contributed by atoms with E-state index in [-0.39, 0.29) is 5.91 Å². The highest BCUT2D eigenvalue weighted by molar-refractivity contribution is 6.00. The number of likely N-dealkylation sites (N-methyl/N-ethyl adjacent to an activating group) is 1. The van der Waals surface area contributed by atoms with Crippen LogP contribution in [0.3, 0.4) is 0 Å². The van der Waals surface area contributed by atoms with E-state index in [0.717, 1.165) is 32.0 Å². The number of hydrogen-bond acceptors (Lipinski definition) is 3. The predicted molar refractivity (Wildman–Crippen MR) is 71.4 cm³/mol. The molecule has 0 saturated carbocycles. The zero-order chi connectivity index (χ0) is 12.8. The highest BCUT2D eigenvalue weighted by Crippen LogP contribution is 2.11. The first-order chi connectivity index (χ1) is 8.77. The summed E-state index contributed by atoms with van der Waals surface area (Å²) in [4.78, 5) is 15.7. The summed E-state index contributed by atoms with van der Waals surface area (Å²) in [6.07, 6.45) is 3.46. The van der Waals surface area contributed by atoms with Gasteiger partial charge in [0.15, 0.2) is 0 Å². The normalized spacial score (nSPS) is 15.9. The van der Waals surface area contributed by atoms with Crippen molar-refractivity contribution in [1.29, 1.82) is 0 Å². The number of amides is 1. The van der Waals surface area contributed by atoms with Crippen molar-refractivity contribution in [2.45, 2.75) is 0 Å². The SMILES string of the molecule is CN(C(=O)/C=C/N1CCOCC1)c1ccccc1. The van der Waals surface area contributed by atoms with Gasteiger partial charge in [-0.05, 0) is 12.1 Å². The molecule has 0 aromatic heterocycles. The molecule has 0 unspecified atom stereocenters. The molecule has 0 N–H and O–H groups in total. The Morgan fingerprint density at radius 3 is 2.61 bits per heavy atom. The standard InChI is InChI=1S/C14H18N2O2/c1-15(13-5-3-2-4-6-13)14(17)7-8-16-9-11-18-12-10-16/h2-8H,9-12H2,1H3/b8-7+. The lowest BCUT2D eigenvalue weighted by Gasteiger charge is -2.25. The van der Waals surface area contributed by atoms with E-state index < -0.39 is 0 Å². The van der Waals surface area contributed by atoms with Crippen LogP contribution in [0.25, 0.3) is 0 Å². The molecule has 2 rings (SSSR count). The third-order valence-electron chi connectivity index (χ3n) is 2.95. The van der Waals surface area contributed by atoms with Gasteiger partial charge in [0, 0.05) is 38.1 Å². The fraction of sp³-hybridized carbons (Fsp3) is 0.357. The highest BCUT2D eigenvalue weighted by Gasteiger charge is 2.09. The van der Waals surface area contributed by atoms with Crippen LogP contribution in [0.5, 0.6) is 0 Å². The van der Waals surface area contributed by atoms with Gasteiger partial charge in [0.25, 0.3) is 5.91 Å². The van der Waals surface area contributed by atoms with Crippen LogP contribution in [0, 0.1) is 0 Å². The van der Waals surface area contributed by atoms with Crippen molar-refractivity contribution in [2.24, 2.45) is 0 Å². The average Bonchev–Trinajstić information content (AvgIpc) is 2.46. The Morgan fingerprint density at radius 2 is 1.94 bits per heavy atom. The second-order valence-electron chi connectivity index (χ2n) is 4.20. The van der Waals surface area contributed by atoms with Gasteiger partial charge in [-0.25, -0.2) is 0 Å². The first kappa shape index (κ1) is 12.6. The van der Waals surface area contributed by atoms with Gasteiger partial charge in [0.1, 0.15) is 0 Å². The lowest BCUT2D eigenvalue weighted by atomic mass is 10.3. The van der Waals surface area contributed by atoms with Crippen molar-refractivity contribution < 1.29 is 9.53 Å². The molecular weight excluding hydrogens is 228 g/mol. The molecule has 1 aromatic carbocycles. The number of rotatable bonds is 3. The van der Waals surface area contributed by atoms with E-state index in [1.165, 1.54) is 0 Å². The average molecular weight is 246 g/mol. The molecule has 4 heteroatoms. The summed E-state index contributed by atoms with van der Waals surface area (Å²) in [6.45, 7) is 3.15. The zero-order valence-electron chi connectivity index (χ0n) is 10.6. The second-order valence-corrected chi connectivity index (χ2v) is 4.20. The molecule has 96 valence electrons. The molecular formula is C14H18N2O2. The molecule has 1 heterocycles. The fourth-order valence-corrected chi connectivity index (χ4v) is 1.79. The van der Waals surface area contributed by atoms with Crippen LogP contribution in [0.2, 0.25) is 0 Å². The first-order valence-electron chi connectivity index (χ1n) is 6.10.